The molecule has 1 atom stereocenters. The minimum absolute atomic E-state index is 0.203. The van der Waals surface area contributed by atoms with Crippen molar-refractivity contribution in [3.8, 4) is 0 Å². The van der Waals surface area contributed by atoms with Crippen LogP contribution in [0.5, 0.6) is 0 Å². The van der Waals surface area contributed by atoms with Gasteiger partial charge in [-0.15, -0.1) is 0 Å². The highest BCUT2D eigenvalue weighted by Crippen LogP contribution is 2.30. The number of anilines is 1. The van der Waals surface area contributed by atoms with Gasteiger partial charge in [-0.3, -0.25) is 0 Å². The highest BCUT2D eigenvalue weighted by molar-refractivity contribution is 6.09. The summed E-state index contributed by atoms with van der Waals surface area (Å²) in [6, 6.07) is 6.24. The molecule has 6 heteroatoms. The molecule has 0 saturated carbocycles. The quantitative estimate of drug-likeness (QED) is 0.548. The molecule has 0 bridgehead atoms. The van der Waals surface area contributed by atoms with Gasteiger partial charge < -0.3 is 9.47 Å². The molecule has 160 valence electrons. The van der Waals surface area contributed by atoms with Gasteiger partial charge in [0, 0.05) is 0 Å². The third-order valence-electron chi connectivity index (χ3n) is 3.18. The zero-order valence-electron chi connectivity index (χ0n) is 18.9. The Morgan fingerprint density at radius 1 is 0.929 bits per heavy atom. The van der Waals surface area contributed by atoms with Crippen LogP contribution < -0.4 is 4.90 Å². The van der Waals surface area contributed by atoms with Gasteiger partial charge in [-0.2, -0.15) is 4.90 Å². The van der Waals surface area contributed by atoms with Crippen LogP contribution in [0.15, 0.2) is 24.3 Å². The smallest absolute Gasteiger partial charge is 0.424 e. The van der Waals surface area contributed by atoms with Crippen LogP contribution in [-0.2, 0) is 9.47 Å². The van der Waals surface area contributed by atoms with Gasteiger partial charge in [-0.25, -0.2) is 14.0 Å². The lowest BCUT2D eigenvalue weighted by molar-refractivity contribution is 0.0430. The first-order valence-electron chi connectivity index (χ1n) is 9.71. The summed E-state index contributed by atoms with van der Waals surface area (Å²) in [5, 5.41) is 0. The van der Waals surface area contributed by atoms with Gasteiger partial charge in [0.15, 0.2) is 0 Å². The van der Waals surface area contributed by atoms with E-state index in [-0.39, 0.29) is 11.6 Å². The molecule has 0 heterocycles. The molecule has 0 aliphatic rings. The third kappa shape index (κ3) is 8.72. The Morgan fingerprint density at radius 3 is 1.71 bits per heavy atom. The molecule has 1 rings (SSSR count). The van der Waals surface area contributed by atoms with E-state index >= 15 is 0 Å². The number of benzene rings is 1. The molecule has 0 radical (unpaired) electrons. The summed E-state index contributed by atoms with van der Waals surface area (Å²) in [6.07, 6.45) is -2.96. The molecule has 2 amide bonds. The molecule has 0 fully saturated rings. The number of carbonyl (C=O) groups excluding carboxylic acids is 2. The Morgan fingerprint density at radius 2 is 1.36 bits per heavy atom. The lowest BCUT2D eigenvalue weighted by atomic mass is 10.00. The number of nitrogens with zero attached hydrogens (tertiary/aromatic N) is 1. The topological polar surface area (TPSA) is 55.8 Å². The van der Waals surface area contributed by atoms with Gasteiger partial charge in [0.25, 0.3) is 0 Å². The standard InChI is InChI=1S/C20H30FNO4.C2H6/c1-13(2)16(21)14-10-9-11-15(12-14)22(17(23)25-19(3,4)5)18(24)26-20(6,7)8;1-2/h9-13,16H,1-8H3;1-2H3. The van der Waals surface area contributed by atoms with Crippen LogP contribution in [0.4, 0.5) is 19.7 Å². The van der Waals surface area contributed by atoms with E-state index in [0.717, 1.165) is 4.90 Å². The van der Waals surface area contributed by atoms with Crippen molar-refractivity contribution in [2.75, 3.05) is 4.90 Å². The Kier molecular flexibility index (Phi) is 9.65. The molecule has 1 aromatic carbocycles. The lowest BCUT2D eigenvalue weighted by Gasteiger charge is -2.29. The number of rotatable bonds is 3. The van der Waals surface area contributed by atoms with E-state index in [1.807, 2.05) is 13.8 Å². The molecule has 0 aliphatic heterocycles. The van der Waals surface area contributed by atoms with Crippen LogP contribution in [-0.4, -0.2) is 23.4 Å². The SMILES string of the molecule is CC.CC(C)C(F)c1cccc(N(C(=O)OC(C)(C)C)C(=O)OC(C)(C)C)c1. The van der Waals surface area contributed by atoms with Crippen LogP contribution >= 0.6 is 0 Å². The van der Waals surface area contributed by atoms with Gasteiger partial charge in [0.2, 0.25) is 0 Å². The Bertz CT molecular complexity index is 617. The number of hydrogen-bond acceptors (Lipinski definition) is 4. The highest BCUT2D eigenvalue weighted by atomic mass is 19.1. The fraction of sp³-hybridized carbons (Fsp3) is 0.636. The molecule has 0 spiro atoms. The van der Waals surface area contributed by atoms with Crippen molar-refractivity contribution in [3.63, 3.8) is 0 Å². The van der Waals surface area contributed by atoms with Crippen LogP contribution in [0, 0.1) is 5.92 Å². The molecule has 0 aromatic heterocycles. The van der Waals surface area contributed by atoms with Gasteiger partial charge >= 0.3 is 12.2 Å². The average molecular weight is 398 g/mol. The summed E-state index contributed by atoms with van der Waals surface area (Å²) < 4.78 is 25.1. The summed E-state index contributed by atoms with van der Waals surface area (Å²) >= 11 is 0. The normalized spacial score (nSPS) is 12.6. The number of carbonyl (C=O) groups is 2. The van der Waals surface area contributed by atoms with E-state index < -0.39 is 29.6 Å². The predicted octanol–water partition coefficient (Wildman–Crippen LogP) is 7.06. The maximum absolute atomic E-state index is 14.4. The predicted molar refractivity (Wildman–Crippen MR) is 111 cm³/mol. The number of amides is 2. The summed E-state index contributed by atoms with van der Waals surface area (Å²) in [5.41, 5.74) is -1.01. The monoisotopic (exact) mass is 397 g/mol. The van der Waals surface area contributed by atoms with Crippen molar-refractivity contribution in [1.82, 2.24) is 0 Å². The van der Waals surface area contributed by atoms with Gasteiger partial charge in [0.1, 0.15) is 17.4 Å². The first-order chi connectivity index (χ1) is 12.7. The minimum Gasteiger partial charge on any atom is -0.443 e. The van der Waals surface area contributed by atoms with E-state index in [9.17, 15) is 14.0 Å². The van der Waals surface area contributed by atoms with Crippen molar-refractivity contribution in [2.45, 2.75) is 86.6 Å². The molecule has 1 aromatic rings. The summed E-state index contributed by atoms with van der Waals surface area (Å²) in [5.74, 6) is -0.234. The fourth-order valence-corrected chi connectivity index (χ4v) is 2.12. The van der Waals surface area contributed by atoms with Crippen molar-refractivity contribution in [3.05, 3.63) is 29.8 Å². The Balaban J connectivity index is 0.00000352. The molecular weight excluding hydrogens is 361 g/mol. The van der Waals surface area contributed by atoms with Crippen LogP contribution in [0.25, 0.3) is 0 Å². The largest absolute Gasteiger partial charge is 0.443 e. The van der Waals surface area contributed by atoms with E-state index in [4.69, 9.17) is 9.47 Å². The number of ether oxygens (including phenoxy) is 2. The van der Waals surface area contributed by atoms with Crippen molar-refractivity contribution >= 4 is 17.9 Å². The second kappa shape index (κ2) is 10.4. The maximum Gasteiger partial charge on any atom is 0.424 e. The summed E-state index contributed by atoms with van der Waals surface area (Å²) in [7, 11) is 0. The molecule has 1 unspecified atom stereocenters. The summed E-state index contributed by atoms with van der Waals surface area (Å²) in [6.45, 7) is 17.7. The van der Waals surface area contributed by atoms with Gasteiger partial charge in [-0.05, 0) is 65.2 Å². The Labute approximate surface area is 169 Å². The lowest BCUT2D eigenvalue weighted by Crippen LogP contribution is -2.43. The average Bonchev–Trinajstić information content (AvgIpc) is 2.53. The molecule has 0 saturated heterocycles. The molecule has 5 nitrogen and oxygen atoms in total. The number of hydrogen-bond donors (Lipinski definition) is 0. The zero-order valence-corrected chi connectivity index (χ0v) is 18.9. The van der Waals surface area contributed by atoms with Crippen molar-refractivity contribution in [2.24, 2.45) is 5.92 Å². The van der Waals surface area contributed by atoms with Crippen LogP contribution in [0.3, 0.4) is 0 Å². The van der Waals surface area contributed by atoms with Crippen molar-refractivity contribution < 1.29 is 23.5 Å². The number of alkyl halides is 1. The summed E-state index contributed by atoms with van der Waals surface area (Å²) in [4.78, 5) is 26.0. The third-order valence-corrected chi connectivity index (χ3v) is 3.18. The fourth-order valence-electron chi connectivity index (χ4n) is 2.12. The van der Waals surface area contributed by atoms with Crippen LogP contribution in [0.1, 0.15) is 81.0 Å². The Hall–Kier alpha value is -2.11. The highest BCUT2D eigenvalue weighted by Gasteiger charge is 2.33. The molecule has 0 aliphatic carbocycles. The molecule has 0 N–H and O–H groups in total. The second-order valence-electron chi connectivity index (χ2n) is 8.54. The van der Waals surface area contributed by atoms with E-state index in [2.05, 4.69) is 0 Å². The number of imide groups is 1. The molecular formula is C22H36FNO4. The number of halogens is 1. The van der Waals surface area contributed by atoms with E-state index in [1.165, 1.54) is 6.07 Å². The second-order valence-corrected chi connectivity index (χ2v) is 8.54. The van der Waals surface area contributed by atoms with E-state index in [0.29, 0.717) is 5.56 Å². The minimum atomic E-state index is -1.21. The van der Waals surface area contributed by atoms with Gasteiger partial charge in [0.05, 0.1) is 5.69 Å². The van der Waals surface area contributed by atoms with Gasteiger partial charge in [-0.1, -0.05) is 39.8 Å². The van der Waals surface area contributed by atoms with Crippen LogP contribution in [0.2, 0.25) is 0 Å². The molecule has 28 heavy (non-hydrogen) atoms. The van der Waals surface area contributed by atoms with Crippen molar-refractivity contribution in [1.29, 1.82) is 0 Å². The van der Waals surface area contributed by atoms with E-state index in [1.54, 1.807) is 73.6 Å². The zero-order chi connectivity index (χ0) is 22.3. The first kappa shape index (κ1) is 25.9. The maximum atomic E-state index is 14.4. The first-order valence-corrected chi connectivity index (χ1v) is 9.71.